The van der Waals surface area contributed by atoms with Gasteiger partial charge in [-0.05, 0) is 43.5 Å². The molecule has 0 saturated carbocycles. The van der Waals surface area contributed by atoms with Crippen LogP contribution in [0.2, 0.25) is 5.02 Å². The summed E-state index contributed by atoms with van der Waals surface area (Å²) in [7, 11) is 0. The Balaban J connectivity index is 0.00000161. The van der Waals surface area contributed by atoms with E-state index in [0.717, 1.165) is 31.6 Å². The van der Waals surface area contributed by atoms with E-state index in [0.29, 0.717) is 24.9 Å². The van der Waals surface area contributed by atoms with Gasteiger partial charge < -0.3 is 10.2 Å². The highest BCUT2D eigenvalue weighted by Gasteiger charge is 2.35. The first-order valence-corrected chi connectivity index (χ1v) is 7.08. The van der Waals surface area contributed by atoms with E-state index in [9.17, 15) is 13.6 Å². The number of benzene rings is 1. The van der Waals surface area contributed by atoms with Crippen LogP contribution in [0.1, 0.15) is 16.8 Å². The fourth-order valence-corrected chi connectivity index (χ4v) is 3.23. The largest absolute Gasteiger partial charge is 0.338 e. The fraction of sp³-hybridized carbons (Fsp3) is 0.500. The number of rotatable bonds is 1. The van der Waals surface area contributed by atoms with Crippen LogP contribution in [0, 0.1) is 23.5 Å². The minimum atomic E-state index is -0.770. The van der Waals surface area contributed by atoms with Crippen molar-refractivity contribution < 1.29 is 13.6 Å². The van der Waals surface area contributed by atoms with Crippen LogP contribution in [0.25, 0.3) is 0 Å². The van der Waals surface area contributed by atoms with Gasteiger partial charge in [-0.25, -0.2) is 8.78 Å². The number of nitrogens with zero attached hydrogens (tertiary/aromatic N) is 1. The van der Waals surface area contributed by atoms with Crippen molar-refractivity contribution in [2.24, 2.45) is 11.8 Å². The van der Waals surface area contributed by atoms with Crippen molar-refractivity contribution in [1.82, 2.24) is 10.2 Å². The molecule has 3 nitrogen and oxygen atoms in total. The summed E-state index contributed by atoms with van der Waals surface area (Å²) >= 11 is 5.50. The minimum Gasteiger partial charge on any atom is -0.338 e. The van der Waals surface area contributed by atoms with Crippen molar-refractivity contribution in [3.05, 3.63) is 34.4 Å². The van der Waals surface area contributed by atoms with Gasteiger partial charge in [-0.3, -0.25) is 4.79 Å². The number of piperidine rings is 1. The highest BCUT2D eigenvalue weighted by atomic mass is 35.5. The van der Waals surface area contributed by atoms with Crippen LogP contribution in [0.5, 0.6) is 0 Å². The Kier molecular flexibility index (Phi) is 5.07. The topological polar surface area (TPSA) is 32.3 Å². The smallest absolute Gasteiger partial charge is 0.256 e. The van der Waals surface area contributed by atoms with E-state index in [2.05, 4.69) is 5.32 Å². The van der Waals surface area contributed by atoms with Gasteiger partial charge in [-0.1, -0.05) is 11.6 Å². The van der Waals surface area contributed by atoms with Gasteiger partial charge in [0.15, 0.2) is 0 Å². The number of carbonyl (C=O) groups excluding carboxylic acids is 1. The molecule has 1 aromatic carbocycles. The summed E-state index contributed by atoms with van der Waals surface area (Å²) in [6, 6.07) is 1.74. The summed E-state index contributed by atoms with van der Waals surface area (Å²) in [6.45, 7) is 3.05. The van der Waals surface area contributed by atoms with E-state index in [1.54, 1.807) is 4.90 Å². The summed E-state index contributed by atoms with van der Waals surface area (Å²) < 4.78 is 27.2. The molecule has 2 aliphatic rings. The second-order valence-corrected chi connectivity index (χ2v) is 5.87. The Hall–Kier alpha value is -0.910. The van der Waals surface area contributed by atoms with Gasteiger partial charge >= 0.3 is 0 Å². The zero-order valence-electron chi connectivity index (χ0n) is 11.2. The molecule has 1 N–H and O–H groups in total. The Morgan fingerprint density at radius 1 is 1.24 bits per heavy atom. The van der Waals surface area contributed by atoms with Crippen LogP contribution in [0.15, 0.2) is 12.1 Å². The maximum atomic E-state index is 13.8. The Bertz CT molecular complexity index is 556. The van der Waals surface area contributed by atoms with Crippen molar-refractivity contribution in [2.75, 3.05) is 26.2 Å². The molecule has 116 valence electrons. The number of nitrogens with one attached hydrogen (secondary N) is 1. The van der Waals surface area contributed by atoms with Gasteiger partial charge in [-0.15, -0.1) is 12.4 Å². The molecular weight excluding hydrogens is 321 g/mol. The van der Waals surface area contributed by atoms with E-state index in [1.807, 2.05) is 0 Å². The van der Waals surface area contributed by atoms with Gasteiger partial charge in [0.1, 0.15) is 11.6 Å². The van der Waals surface area contributed by atoms with Crippen molar-refractivity contribution in [3.63, 3.8) is 0 Å². The second kappa shape index (κ2) is 6.46. The van der Waals surface area contributed by atoms with Crippen molar-refractivity contribution in [2.45, 2.75) is 6.42 Å². The fourth-order valence-electron chi connectivity index (χ4n) is 3.08. The average Bonchev–Trinajstić information content (AvgIpc) is 2.89. The first kappa shape index (κ1) is 16.5. The number of amides is 1. The molecule has 0 bridgehead atoms. The molecule has 1 amide bonds. The van der Waals surface area contributed by atoms with Crippen LogP contribution >= 0.6 is 24.0 Å². The van der Waals surface area contributed by atoms with E-state index in [-0.39, 0.29) is 23.0 Å². The van der Waals surface area contributed by atoms with Crippen LogP contribution in [-0.4, -0.2) is 37.0 Å². The van der Waals surface area contributed by atoms with E-state index < -0.39 is 17.5 Å². The number of fused-ring (bicyclic) bond motifs is 1. The first-order valence-electron chi connectivity index (χ1n) is 6.71. The molecule has 2 fully saturated rings. The lowest BCUT2D eigenvalue weighted by molar-refractivity contribution is 0.0637. The third kappa shape index (κ3) is 3.15. The highest BCUT2D eigenvalue weighted by molar-refractivity contribution is 6.30. The van der Waals surface area contributed by atoms with E-state index in [4.69, 9.17) is 11.6 Å². The molecule has 2 atom stereocenters. The molecule has 2 aliphatic heterocycles. The number of hydrogen-bond donors (Lipinski definition) is 1. The molecule has 2 unspecified atom stereocenters. The summed E-state index contributed by atoms with van der Waals surface area (Å²) in [5.41, 5.74) is -0.240. The molecule has 0 spiro atoms. The predicted molar refractivity (Wildman–Crippen MR) is 79.0 cm³/mol. The summed E-state index contributed by atoms with van der Waals surface area (Å²) in [6.07, 6.45) is 0.904. The van der Waals surface area contributed by atoms with Crippen LogP contribution in [0.3, 0.4) is 0 Å². The number of carbonyl (C=O) groups is 1. The Morgan fingerprint density at radius 2 is 1.95 bits per heavy atom. The maximum absolute atomic E-state index is 13.8. The lowest BCUT2D eigenvalue weighted by Gasteiger charge is -2.34. The van der Waals surface area contributed by atoms with Crippen LogP contribution in [0.4, 0.5) is 8.78 Å². The standard InChI is InChI=1S/C14H15ClF2N2O.ClH/c15-11-4-12(16)10(3-13(11)17)14(20)19-2-1-8-5-18-6-9(8)7-19;/h3-4,8-9,18H,1-2,5-7H2;1H. The molecule has 2 saturated heterocycles. The number of hydrogen-bond acceptors (Lipinski definition) is 2. The van der Waals surface area contributed by atoms with Crippen LogP contribution < -0.4 is 5.32 Å². The highest BCUT2D eigenvalue weighted by Crippen LogP contribution is 2.28. The Morgan fingerprint density at radius 3 is 2.71 bits per heavy atom. The predicted octanol–water partition coefficient (Wildman–Crippen LogP) is 2.72. The summed E-state index contributed by atoms with van der Waals surface area (Å²) in [5, 5.41) is 2.99. The SMILES string of the molecule is Cl.O=C(c1cc(F)c(Cl)cc1F)N1CCC2CNCC2C1. The van der Waals surface area contributed by atoms with Crippen molar-refractivity contribution >= 4 is 29.9 Å². The second-order valence-electron chi connectivity index (χ2n) is 5.46. The molecule has 0 aliphatic carbocycles. The number of halogens is 4. The first-order chi connectivity index (χ1) is 9.56. The Labute approximate surface area is 133 Å². The van der Waals surface area contributed by atoms with E-state index in [1.165, 1.54) is 0 Å². The lowest BCUT2D eigenvalue weighted by Crippen LogP contribution is -2.43. The lowest BCUT2D eigenvalue weighted by atomic mass is 9.88. The quantitative estimate of drug-likeness (QED) is 0.800. The van der Waals surface area contributed by atoms with Gasteiger partial charge in [0.2, 0.25) is 0 Å². The van der Waals surface area contributed by atoms with E-state index >= 15 is 0 Å². The average molecular weight is 337 g/mol. The molecule has 2 heterocycles. The molecule has 0 radical (unpaired) electrons. The molecular formula is C14H16Cl2F2N2O. The molecule has 3 rings (SSSR count). The van der Waals surface area contributed by atoms with Gasteiger partial charge in [-0.2, -0.15) is 0 Å². The van der Waals surface area contributed by atoms with Crippen molar-refractivity contribution in [3.8, 4) is 0 Å². The minimum absolute atomic E-state index is 0. The van der Waals surface area contributed by atoms with Gasteiger partial charge in [0, 0.05) is 13.1 Å². The van der Waals surface area contributed by atoms with Gasteiger partial charge in [0.25, 0.3) is 5.91 Å². The zero-order chi connectivity index (χ0) is 14.3. The van der Waals surface area contributed by atoms with Crippen LogP contribution in [-0.2, 0) is 0 Å². The summed E-state index contributed by atoms with van der Waals surface area (Å²) in [5.74, 6) is -0.996. The third-order valence-corrected chi connectivity index (χ3v) is 4.52. The monoisotopic (exact) mass is 336 g/mol. The molecule has 21 heavy (non-hydrogen) atoms. The number of likely N-dealkylation sites (tertiary alicyclic amines) is 1. The summed E-state index contributed by atoms with van der Waals surface area (Å²) in [4.78, 5) is 13.9. The zero-order valence-corrected chi connectivity index (χ0v) is 12.8. The molecule has 0 aromatic heterocycles. The van der Waals surface area contributed by atoms with Crippen molar-refractivity contribution in [1.29, 1.82) is 0 Å². The maximum Gasteiger partial charge on any atom is 0.256 e. The molecule has 7 heteroatoms. The third-order valence-electron chi connectivity index (χ3n) is 4.23. The van der Waals surface area contributed by atoms with Gasteiger partial charge in [0.05, 0.1) is 10.6 Å². The normalized spacial score (nSPS) is 24.4. The molecule has 1 aromatic rings.